The Morgan fingerprint density at radius 3 is 2.44 bits per heavy atom. The molecule has 0 amide bonds. The number of aliphatic hydroxyl groups excluding tert-OH is 1. The SMILES string of the molecule is C[C@H](CCC(=O)O[Si](C)(C)C)[C@H]1CC[C@H]2[C@@H]3C(=O)C[C@@H]4C[C@H](O)CC[C@]4(C)[C@H]3CC[C@]12C. The predicted octanol–water partition coefficient (Wildman–Crippen LogP) is 5.98. The average molecular weight is 463 g/mol. The van der Waals surface area contributed by atoms with Crippen LogP contribution in [0.5, 0.6) is 0 Å². The highest BCUT2D eigenvalue weighted by Gasteiger charge is 2.63. The third-order valence-corrected chi connectivity index (χ3v) is 11.3. The fourth-order valence-electron chi connectivity index (χ4n) is 8.82. The highest BCUT2D eigenvalue weighted by atomic mass is 28.4. The highest BCUT2D eigenvalue weighted by Crippen LogP contribution is 2.67. The maximum atomic E-state index is 13.5. The minimum Gasteiger partial charge on any atom is -0.520 e. The van der Waals surface area contributed by atoms with Gasteiger partial charge in [-0.05, 0) is 111 Å². The lowest BCUT2D eigenvalue weighted by atomic mass is 9.44. The summed E-state index contributed by atoms with van der Waals surface area (Å²) in [5.41, 5.74) is 0.444. The summed E-state index contributed by atoms with van der Waals surface area (Å²) < 4.78 is 5.67. The van der Waals surface area contributed by atoms with Crippen molar-refractivity contribution in [2.75, 3.05) is 0 Å². The molecule has 4 rings (SSSR count). The van der Waals surface area contributed by atoms with Crippen molar-refractivity contribution in [3.63, 3.8) is 0 Å². The molecule has 0 unspecified atom stereocenters. The zero-order valence-electron chi connectivity index (χ0n) is 21.3. The Labute approximate surface area is 196 Å². The summed E-state index contributed by atoms with van der Waals surface area (Å²) in [6, 6.07) is 0. The number of aliphatic hydroxyl groups is 1. The van der Waals surface area contributed by atoms with E-state index in [-0.39, 0.29) is 28.8 Å². The first kappa shape index (κ1) is 24.4. The Morgan fingerprint density at radius 1 is 1.09 bits per heavy atom. The predicted molar refractivity (Wildman–Crippen MR) is 129 cm³/mol. The molecule has 4 fully saturated rings. The summed E-state index contributed by atoms with van der Waals surface area (Å²) in [4.78, 5) is 25.8. The van der Waals surface area contributed by atoms with E-state index in [1.807, 2.05) is 0 Å². The molecule has 0 saturated heterocycles. The van der Waals surface area contributed by atoms with Crippen LogP contribution in [0, 0.1) is 46.3 Å². The molecule has 182 valence electrons. The van der Waals surface area contributed by atoms with Crippen LogP contribution in [0.4, 0.5) is 0 Å². The van der Waals surface area contributed by atoms with Gasteiger partial charge in [0, 0.05) is 18.8 Å². The van der Waals surface area contributed by atoms with Crippen LogP contribution < -0.4 is 0 Å². The zero-order chi connectivity index (χ0) is 23.5. The minimum absolute atomic E-state index is 0.0275. The Kier molecular flexibility index (Phi) is 6.50. The van der Waals surface area contributed by atoms with E-state index >= 15 is 0 Å². The second-order valence-corrected chi connectivity index (χ2v) is 17.8. The minimum atomic E-state index is -1.82. The van der Waals surface area contributed by atoms with Gasteiger partial charge in [0.15, 0.2) is 0 Å². The van der Waals surface area contributed by atoms with Crippen LogP contribution >= 0.6 is 0 Å². The lowest BCUT2D eigenvalue weighted by molar-refractivity contribution is -0.160. The van der Waals surface area contributed by atoms with Gasteiger partial charge in [-0.3, -0.25) is 9.59 Å². The van der Waals surface area contributed by atoms with Gasteiger partial charge in [0.05, 0.1) is 6.10 Å². The summed E-state index contributed by atoms with van der Waals surface area (Å²) in [5, 5.41) is 10.2. The van der Waals surface area contributed by atoms with E-state index in [0.29, 0.717) is 48.2 Å². The first-order valence-electron chi connectivity index (χ1n) is 13.3. The zero-order valence-corrected chi connectivity index (χ0v) is 22.3. The van der Waals surface area contributed by atoms with Crippen LogP contribution in [-0.2, 0) is 14.0 Å². The van der Waals surface area contributed by atoms with Crippen molar-refractivity contribution in [1.29, 1.82) is 0 Å². The summed E-state index contributed by atoms with van der Waals surface area (Å²) >= 11 is 0. The molecule has 4 aliphatic carbocycles. The van der Waals surface area contributed by atoms with Gasteiger partial charge in [0.1, 0.15) is 5.78 Å². The number of hydrogen-bond donors (Lipinski definition) is 1. The van der Waals surface area contributed by atoms with E-state index in [4.69, 9.17) is 4.43 Å². The molecule has 0 aromatic rings. The summed E-state index contributed by atoms with van der Waals surface area (Å²) in [7, 11) is -1.82. The van der Waals surface area contributed by atoms with Crippen molar-refractivity contribution in [2.45, 2.75) is 111 Å². The highest BCUT2D eigenvalue weighted by molar-refractivity contribution is 6.71. The lowest BCUT2D eigenvalue weighted by Crippen LogP contribution is -2.57. The van der Waals surface area contributed by atoms with Crippen molar-refractivity contribution in [3.05, 3.63) is 0 Å². The van der Waals surface area contributed by atoms with Crippen molar-refractivity contribution in [2.24, 2.45) is 46.3 Å². The number of carbonyl (C=O) groups is 2. The van der Waals surface area contributed by atoms with Crippen LogP contribution in [0.25, 0.3) is 0 Å². The standard InChI is InChI=1S/C27H46O4Si/c1-17(7-10-24(30)31-32(4,5)6)20-8-9-21-25-22(12-14-27(20,21)3)26(2)13-11-19(28)15-18(26)16-23(25)29/h17-22,25,28H,7-16H2,1-6H3/t17-,18+,19-,20-,21+,22+,25+,26+,27-/m1/s1. The van der Waals surface area contributed by atoms with Gasteiger partial charge < -0.3 is 9.53 Å². The van der Waals surface area contributed by atoms with Gasteiger partial charge in [0.2, 0.25) is 8.32 Å². The molecular formula is C27H46O4Si. The summed E-state index contributed by atoms with van der Waals surface area (Å²) in [5.74, 6) is 3.15. The smallest absolute Gasteiger partial charge is 0.292 e. The molecule has 4 saturated carbocycles. The Balaban J connectivity index is 1.46. The normalized spacial score (nSPS) is 44.9. The van der Waals surface area contributed by atoms with E-state index in [2.05, 4.69) is 40.4 Å². The van der Waals surface area contributed by atoms with Gasteiger partial charge in [-0.1, -0.05) is 20.8 Å². The van der Waals surface area contributed by atoms with Crippen molar-refractivity contribution < 1.29 is 19.1 Å². The van der Waals surface area contributed by atoms with E-state index in [9.17, 15) is 14.7 Å². The number of carbonyl (C=O) groups excluding carboxylic acids is 2. The second kappa shape index (κ2) is 8.52. The molecule has 0 aromatic carbocycles. The Bertz CT molecular complexity index is 744. The molecule has 1 N–H and O–H groups in total. The first-order valence-corrected chi connectivity index (χ1v) is 16.7. The van der Waals surface area contributed by atoms with E-state index in [1.165, 1.54) is 19.3 Å². The average Bonchev–Trinajstić information content (AvgIpc) is 3.03. The molecule has 0 aromatic heterocycles. The number of Topliss-reactive ketones (excluding diaryl/α,β-unsaturated/α-hetero) is 1. The number of hydrogen-bond acceptors (Lipinski definition) is 4. The van der Waals surface area contributed by atoms with E-state index in [0.717, 1.165) is 32.1 Å². The molecular weight excluding hydrogens is 416 g/mol. The number of ketones is 1. The second-order valence-electron chi connectivity index (χ2n) is 13.4. The van der Waals surface area contributed by atoms with Gasteiger partial charge in [0.25, 0.3) is 5.97 Å². The van der Waals surface area contributed by atoms with Crippen LogP contribution in [0.1, 0.15) is 85.0 Å². The topological polar surface area (TPSA) is 63.6 Å². The number of fused-ring (bicyclic) bond motifs is 5. The Morgan fingerprint density at radius 2 is 1.75 bits per heavy atom. The van der Waals surface area contributed by atoms with Crippen molar-refractivity contribution >= 4 is 20.1 Å². The molecule has 4 nitrogen and oxygen atoms in total. The summed E-state index contributed by atoms with van der Waals surface area (Å²) in [6.07, 6.45) is 9.43. The first-order chi connectivity index (χ1) is 14.8. The fourth-order valence-corrected chi connectivity index (χ4v) is 9.61. The molecule has 0 radical (unpaired) electrons. The van der Waals surface area contributed by atoms with Crippen LogP contribution in [-0.4, -0.2) is 31.3 Å². The van der Waals surface area contributed by atoms with Crippen LogP contribution in [0.2, 0.25) is 19.6 Å². The van der Waals surface area contributed by atoms with E-state index in [1.54, 1.807) is 0 Å². The summed E-state index contributed by atoms with van der Waals surface area (Å²) in [6.45, 7) is 13.4. The quantitative estimate of drug-likeness (QED) is 0.511. The van der Waals surface area contributed by atoms with Gasteiger partial charge in [-0.25, -0.2) is 0 Å². The maximum absolute atomic E-state index is 13.5. The monoisotopic (exact) mass is 462 g/mol. The molecule has 0 bridgehead atoms. The maximum Gasteiger partial charge on any atom is 0.292 e. The molecule has 0 aliphatic heterocycles. The van der Waals surface area contributed by atoms with Gasteiger partial charge in [-0.15, -0.1) is 0 Å². The molecule has 9 atom stereocenters. The molecule has 4 aliphatic rings. The van der Waals surface area contributed by atoms with Gasteiger partial charge >= 0.3 is 0 Å². The fraction of sp³-hybridized carbons (Fsp3) is 0.926. The lowest BCUT2D eigenvalue weighted by Gasteiger charge is -2.60. The molecule has 0 spiro atoms. The largest absolute Gasteiger partial charge is 0.520 e. The Hall–Kier alpha value is -0.683. The molecule has 5 heteroatoms. The van der Waals surface area contributed by atoms with Crippen molar-refractivity contribution in [1.82, 2.24) is 0 Å². The van der Waals surface area contributed by atoms with Crippen LogP contribution in [0.3, 0.4) is 0 Å². The third kappa shape index (κ3) is 4.26. The molecule has 0 heterocycles. The number of rotatable bonds is 5. The molecule has 32 heavy (non-hydrogen) atoms. The van der Waals surface area contributed by atoms with Gasteiger partial charge in [-0.2, -0.15) is 0 Å². The van der Waals surface area contributed by atoms with Crippen molar-refractivity contribution in [3.8, 4) is 0 Å². The van der Waals surface area contributed by atoms with E-state index < -0.39 is 8.32 Å². The van der Waals surface area contributed by atoms with Crippen LogP contribution in [0.15, 0.2) is 0 Å². The third-order valence-electron chi connectivity index (χ3n) is 10.4.